The molecule has 0 amide bonds. The second-order valence-electron chi connectivity index (χ2n) is 0.184. The van der Waals surface area contributed by atoms with Crippen molar-refractivity contribution < 1.29 is 9.59 Å². The van der Waals surface area contributed by atoms with E-state index in [4.69, 9.17) is 32.8 Å². The van der Waals surface area contributed by atoms with Gasteiger partial charge in [-0.2, -0.15) is 9.59 Å². The molecule has 0 heterocycles. The Kier molecular flexibility index (Phi) is 57.8. The predicted octanol–water partition coefficient (Wildman–Crippen LogP) is 0.189. The average Bonchev–Trinajstić information content (AvgIpc) is 1.39. The Morgan fingerprint density at radius 3 is 1.29 bits per heavy atom. The fraction of sp³-hybridized carbons (Fsp3) is 0.500. The molecule has 0 aromatic heterocycles. The number of halogens is 2. The molecule has 0 saturated carbocycles. The Morgan fingerprint density at radius 2 is 1.29 bits per heavy atom. The van der Waals surface area contributed by atoms with Crippen molar-refractivity contribution in [2.75, 3.05) is 5.34 Å². The van der Waals surface area contributed by atoms with Crippen LogP contribution in [0.1, 0.15) is 0 Å². The van der Waals surface area contributed by atoms with E-state index in [1.807, 2.05) is 0 Å². The summed E-state index contributed by atoms with van der Waals surface area (Å²) >= 11 is 9.53. The van der Waals surface area contributed by atoms with Crippen LogP contribution in [0.15, 0.2) is 0 Å². The van der Waals surface area contributed by atoms with Crippen LogP contribution in [0.2, 0.25) is 0 Å². The van der Waals surface area contributed by atoms with Crippen LogP contribution in [0.5, 0.6) is 0 Å². The van der Waals surface area contributed by atoms with Gasteiger partial charge in [-0.15, -0.1) is 23.2 Å². The van der Waals surface area contributed by atoms with Gasteiger partial charge in [-0.05, 0) is 0 Å². The van der Waals surface area contributed by atoms with Crippen LogP contribution < -0.4 is 0 Å². The van der Waals surface area contributed by atoms with E-state index in [9.17, 15) is 0 Å². The van der Waals surface area contributed by atoms with Crippen molar-refractivity contribution in [2.45, 2.75) is 0 Å². The molecule has 2 nitrogen and oxygen atoms in total. The van der Waals surface area contributed by atoms with E-state index in [-0.39, 0.29) is 62.9 Å². The van der Waals surface area contributed by atoms with Crippen LogP contribution in [0.25, 0.3) is 0 Å². The molecule has 0 aliphatic rings. The summed E-state index contributed by atoms with van der Waals surface area (Å²) in [6.07, 6.45) is 0.250. The third-order valence-corrected chi connectivity index (χ3v) is 0. The van der Waals surface area contributed by atoms with Gasteiger partial charge in [0, 0.05) is 0 Å². The van der Waals surface area contributed by atoms with Crippen LogP contribution >= 0.6 is 23.2 Å². The molecule has 0 bridgehead atoms. The molecule has 5 heteroatoms. The predicted molar refractivity (Wildman–Crippen MR) is 28.7 cm³/mol. The molecular formula is C2H3Cl2KO2. The zero-order valence-electron chi connectivity index (χ0n) is 2.78. The first kappa shape index (κ1) is 15.8. The Morgan fingerprint density at radius 1 is 1.29 bits per heavy atom. The van der Waals surface area contributed by atoms with Gasteiger partial charge in [0.05, 0.1) is 5.34 Å². The summed E-state index contributed by atoms with van der Waals surface area (Å²) in [6, 6.07) is 0. The van der Waals surface area contributed by atoms with E-state index in [0.29, 0.717) is 0 Å². The van der Waals surface area contributed by atoms with E-state index in [0.717, 1.165) is 0 Å². The summed E-state index contributed by atoms with van der Waals surface area (Å²) < 4.78 is 0. The molecule has 7 heavy (non-hydrogen) atoms. The fourth-order valence-electron chi connectivity index (χ4n) is 0. The number of alkyl halides is 2. The Hall–Kier alpha value is 1.60. The summed E-state index contributed by atoms with van der Waals surface area (Å²) in [5, 5.41) is 0.194. The van der Waals surface area contributed by atoms with E-state index in [1.165, 1.54) is 0 Å². The van der Waals surface area contributed by atoms with Crippen molar-refractivity contribution in [3.8, 4) is 0 Å². The zero-order valence-corrected chi connectivity index (χ0v) is 4.29. The van der Waals surface area contributed by atoms with Gasteiger partial charge < -0.3 is 0 Å². The van der Waals surface area contributed by atoms with Gasteiger partial charge in [0.25, 0.3) is 0 Å². The van der Waals surface area contributed by atoms with Gasteiger partial charge in [-0.1, -0.05) is 0 Å². The molecule has 0 radical (unpaired) electrons. The monoisotopic (exact) mass is 168 g/mol. The minimum absolute atomic E-state index is 0. The number of hydrogen-bond donors (Lipinski definition) is 0. The topological polar surface area (TPSA) is 34.1 Å². The van der Waals surface area contributed by atoms with Crippen molar-refractivity contribution in [3.05, 3.63) is 0 Å². The van der Waals surface area contributed by atoms with Crippen molar-refractivity contribution >= 4 is 80.7 Å². The van der Waals surface area contributed by atoms with Crippen LogP contribution in [0, 0.1) is 0 Å². The molecule has 0 spiro atoms. The molecule has 0 aliphatic carbocycles. The summed E-state index contributed by atoms with van der Waals surface area (Å²) in [5.74, 6) is 0. The fourth-order valence-corrected chi connectivity index (χ4v) is 0. The average molecular weight is 169 g/mol. The van der Waals surface area contributed by atoms with Crippen LogP contribution in [0.4, 0.5) is 0 Å². The van der Waals surface area contributed by atoms with E-state index < -0.39 is 0 Å². The minimum atomic E-state index is 0. The summed E-state index contributed by atoms with van der Waals surface area (Å²) in [6.45, 7) is 0. The Bertz CT molecular complexity index is 43.0. The number of rotatable bonds is 0. The van der Waals surface area contributed by atoms with Gasteiger partial charge in [0.1, 0.15) is 0 Å². The van der Waals surface area contributed by atoms with Gasteiger partial charge in [0.15, 0.2) is 0 Å². The standard InChI is InChI=1S/CH2Cl2.CO2.K.H/c2*2-1-3;;/h1H2;;;. The molecule has 0 unspecified atom stereocenters. The SMILES string of the molecule is ClCCl.O=C=O.[KH]. The van der Waals surface area contributed by atoms with Crippen molar-refractivity contribution in [3.63, 3.8) is 0 Å². The molecule has 0 N–H and O–H groups in total. The second kappa shape index (κ2) is 25.6. The van der Waals surface area contributed by atoms with Gasteiger partial charge >= 0.3 is 57.5 Å². The van der Waals surface area contributed by atoms with Crippen LogP contribution in [-0.4, -0.2) is 62.9 Å². The first-order chi connectivity index (χ1) is 2.83. The van der Waals surface area contributed by atoms with E-state index in [1.54, 1.807) is 0 Å². The Labute approximate surface area is 94.0 Å². The van der Waals surface area contributed by atoms with Gasteiger partial charge in [0.2, 0.25) is 0 Å². The van der Waals surface area contributed by atoms with Crippen molar-refractivity contribution in [2.24, 2.45) is 0 Å². The molecule has 0 aromatic carbocycles. The van der Waals surface area contributed by atoms with Gasteiger partial charge in [-0.3, -0.25) is 0 Å². The summed E-state index contributed by atoms with van der Waals surface area (Å²) in [4.78, 5) is 16.2. The molecule has 0 rings (SSSR count). The molecular weight excluding hydrogens is 166 g/mol. The maximum absolute atomic E-state index is 8.12. The van der Waals surface area contributed by atoms with Crippen LogP contribution in [0.3, 0.4) is 0 Å². The Balaban J connectivity index is -0.0000000400. The molecule has 0 saturated heterocycles. The first-order valence-electron chi connectivity index (χ1n) is 0.943. The number of carbonyl (C=O) groups excluding carboxylic acids is 2. The summed E-state index contributed by atoms with van der Waals surface area (Å²) in [7, 11) is 0. The third kappa shape index (κ3) is 93.4. The van der Waals surface area contributed by atoms with E-state index in [2.05, 4.69) is 0 Å². The van der Waals surface area contributed by atoms with Crippen molar-refractivity contribution in [1.29, 1.82) is 0 Å². The molecule has 0 aliphatic heterocycles. The zero-order chi connectivity index (χ0) is 5.41. The third-order valence-electron chi connectivity index (χ3n) is 0. The quantitative estimate of drug-likeness (QED) is 0.383. The molecule has 0 aromatic rings. The number of hydrogen-bond acceptors (Lipinski definition) is 2. The maximum atomic E-state index is 8.12. The van der Waals surface area contributed by atoms with Crippen molar-refractivity contribution in [1.82, 2.24) is 0 Å². The molecule has 0 atom stereocenters. The molecule has 0 fully saturated rings. The molecule has 38 valence electrons. The van der Waals surface area contributed by atoms with Crippen LogP contribution in [-0.2, 0) is 9.59 Å². The summed E-state index contributed by atoms with van der Waals surface area (Å²) in [5.41, 5.74) is 0. The second-order valence-corrected chi connectivity index (χ2v) is 0.992. The normalized spacial score (nSPS) is 3.71. The first-order valence-corrected chi connectivity index (χ1v) is 2.01. The van der Waals surface area contributed by atoms with Gasteiger partial charge in [-0.25, -0.2) is 0 Å². The van der Waals surface area contributed by atoms with E-state index >= 15 is 0 Å².